The molecule has 0 spiro atoms. The third-order valence-electron chi connectivity index (χ3n) is 5.74. The summed E-state index contributed by atoms with van der Waals surface area (Å²) in [5, 5.41) is 11.6. The molecule has 35 heavy (non-hydrogen) atoms. The number of allylic oxidation sites excluding steroid dienone is 4. The Morgan fingerprint density at radius 2 is 1.37 bits per heavy atom. The van der Waals surface area contributed by atoms with Crippen LogP contribution < -0.4 is 14.9 Å². The Hall–Kier alpha value is -3.54. The van der Waals surface area contributed by atoms with Crippen LogP contribution in [0.4, 0.5) is 0 Å². The van der Waals surface area contributed by atoms with E-state index >= 15 is 0 Å². The van der Waals surface area contributed by atoms with Crippen molar-refractivity contribution in [2.75, 3.05) is 13.2 Å². The van der Waals surface area contributed by atoms with Crippen molar-refractivity contribution in [3.05, 3.63) is 62.3 Å². The molecule has 0 aliphatic carbocycles. The molecule has 0 saturated heterocycles. The number of carbonyl (C=O) groups is 1. The SMILES string of the molecule is CCOc1cc2oc3cc(OCC)c(C(C)=O)c(CC=C(C)C)c3c(=O)c2c(O)c1CC=C(C)C. The minimum atomic E-state index is -0.386. The average molecular weight is 479 g/mol. The van der Waals surface area contributed by atoms with Crippen LogP contribution in [0.1, 0.15) is 70.0 Å². The fourth-order valence-electron chi connectivity index (χ4n) is 4.17. The molecule has 1 aromatic heterocycles. The fourth-order valence-corrected chi connectivity index (χ4v) is 4.17. The molecule has 0 aliphatic rings. The second-order valence-electron chi connectivity index (χ2n) is 9.00. The van der Waals surface area contributed by atoms with Crippen molar-refractivity contribution < 1.29 is 23.8 Å². The summed E-state index contributed by atoms with van der Waals surface area (Å²) in [4.78, 5) is 26.6. The van der Waals surface area contributed by atoms with E-state index in [2.05, 4.69) is 0 Å². The molecule has 3 rings (SSSR count). The molecule has 6 nitrogen and oxygen atoms in total. The number of ether oxygens (including phenoxy) is 2. The van der Waals surface area contributed by atoms with Gasteiger partial charge in [-0.15, -0.1) is 0 Å². The number of benzene rings is 2. The molecule has 0 radical (unpaired) electrons. The molecule has 0 bridgehead atoms. The van der Waals surface area contributed by atoms with Gasteiger partial charge in [-0.05, 0) is 66.9 Å². The summed E-state index contributed by atoms with van der Waals surface area (Å²) >= 11 is 0. The molecule has 3 aromatic rings. The van der Waals surface area contributed by atoms with E-state index in [1.807, 2.05) is 53.7 Å². The third kappa shape index (κ3) is 5.26. The molecule has 186 valence electrons. The molecule has 0 aliphatic heterocycles. The largest absolute Gasteiger partial charge is 0.507 e. The van der Waals surface area contributed by atoms with Gasteiger partial charge in [0.05, 0.1) is 24.2 Å². The van der Waals surface area contributed by atoms with Gasteiger partial charge in [-0.3, -0.25) is 9.59 Å². The number of aromatic hydroxyl groups is 1. The standard InChI is InChI=1S/C29H34O6/c1-8-33-21-14-24-27(28(31)19(21)12-10-16(3)4)29(32)26-20(13-11-17(5)6)25(18(7)30)22(34-9-2)15-23(26)35-24/h10-11,14-15,31H,8-9,12-13H2,1-7H3. The van der Waals surface area contributed by atoms with Crippen LogP contribution in [-0.4, -0.2) is 24.1 Å². The van der Waals surface area contributed by atoms with Gasteiger partial charge in [0, 0.05) is 17.7 Å². The molecule has 0 unspecified atom stereocenters. The van der Waals surface area contributed by atoms with Crippen LogP contribution in [0.25, 0.3) is 21.9 Å². The highest BCUT2D eigenvalue weighted by Gasteiger charge is 2.25. The predicted molar refractivity (Wildman–Crippen MR) is 140 cm³/mol. The first-order valence-electron chi connectivity index (χ1n) is 11.9. The molecule has 0 fully saturated rings. The zero-order valence-corrected chi connectivity index (χ0v) is 21.6. The molecule has 2 aromatic carbocycles. The second kappa shape index (κ2) is 10.8. The quantitative estimate of drug-likeness (QED) is 0.210. The molecular formula is C29H34O6. The Labute approximate surface area is 205 Å². The molecular weight excluding hydrogens is 444 g/mol. The van der Waals surface area contributed by atoms with E-state index in [0.29, 0.717) is 59.8 Å². The molecule has 1 heterocycles. The van der Waals surface area contributed by atoms with Crippen molar-refractivity contribution >= 4 is 27.7 Å². The van der Waals surface area contributed by atoms with Gasteiger partial charge < -0.3 is 19.0 Å². The Kier molecular flexibility index (Phi) is 8.05. The lowest BCUT2D eigenvalue weighted by Gasteiger charge is -2.17. The summed E-state index contributed by atoms with van der Waals surface area (Å²) in [5.41, 5.74) is 3.68. The first kappa shape index (κ1) is 26.1. The first-order valence-corrected chi connectivity index (χ1v) is 11.9. The highest BCUT2D eigenvalue weighted by molar-refractivity contribution is 6.05. The zero-order chi connectivity index (χ0) is 25.9. The second-order valence-corrected chi connectivity index (χ2v) is 9.00. The van der Waals surface area contributed by atoms with Crippen LogP contribution in [0.2, 0.25) is 0 Å². The maximum Gasteiger partial charge on any atom is 0.204 e. The molecule has 6 heteroatoms. The van der Waals surface area contributed by atoms with Crippen molar-refractivity contribution in [2.24, 2.45) is 0 Å². The number of ketones is 1. The maximum absolute atomic E-state index is 13.9. The minimum absolute atomic E-state index is 0.0789. The zero-order valence-electron chi connectivity index (χ0n) is 21.6. The van der Waals surface area contributed by atoms with E-state index in [4.69, 9.17) is 13.9 Å². The molecule has 0 atom stereocenters. The monoisotopic (exact) mass is 478 g/mol. The number of hydrogen-bond donors (Lipinski definition) is 1. The predicted octanol–water partition coefficient (Wildman–Crippen LogP) is 6.67. The van der Waals surface area contributed by atoms with Crippen LogP contribution in [0.15, 0.2) is 44.6 Å². The Morgan fingerprint density at radius 1 is 0.857 bits per heavy atom. The van der Waals surface area contributed by atoms with Gasteiger partial charge in [-0.2, -0.15) is 0 Å². The van der Waals surface area contributed by atoms with Gasteiger partial charge in [-0.25, -0.2) is 0 Å². The van der Waals surface area contributed by atoms with E-state index in [0.717, 1.165) is 11.1 Å². The summed E-state index contributed by atoms with van der Waals surface area (Å²) in [6.45, 7) is 13.7. The number of Topliss-reactive ketones (excluding diaryl/α,β-unsaturated/α-hetero) is 1. The van der Waals surface area contributed by atoms with E-state index < -0.39 is 0 Å². The van der Waals surface area contributed by atoms with Crippen LogP contribution in [0.5, 0.6) is 17.2 Å². The third-order valence-corrected chi connectivity index (χ3v) is 5.74. The average Bonchev–Trinajstić information content (AvgIpc) is 2.76. The van der Waals surface area contributed by atoms with Crippen LogP contribution in [0, 0.1) is 0 Å². The number of hydrogen-bond acceptors (Lipinski definition) is 6. The van der Waals surface area contributed by atoms with Gasteiger partial charge in [0.15, 0.2) is 5.78 Å². The smallest absolute Gasteiger partial charge is 0.204 e. The Bertz CT molecular complexity index is 1400. The minimum Gasteiger partial charge on any atom is -0.507 e. The highest BCUT2D eigenvalue weighted by atomic mass is 16.5. The maximum atomic E-state index is 13.9. The number of fused-ring (bicyclic) bond motifs is 2. The van der Waals surface area contributed by atoms with Crippen molar-refractivity contribution in [1.29, 1.82) is 0 Å². The summed E-state index contributed by atoms with van der Waals surface area (Å²) in [7, 11) is 0. The van der Waals surface area contributed by atoms with Crippen molar-refractivity contribution in [3.63, 3.8) is 0 Å². The Balaban J connectivity index is 2.52. The highest BCUT2D eigenvalue weighted by Crippen LogP contribution is 2.39. The van der Waals surface area contributed by atoms with E-state index in [1.54, 1.807) is 12.1 Å². The molecule has 0 saturated carbocycles. The van der Waals surface area contributed by atoms with Crippen LogP contribution in [-0.2, 0) is 12.8 Å². The van der Waals surface area contributed by atoms with Gasteiger partial charge in [-0.1, -0.05) is 23.3 Å². The molecule has 1 N–H and O–H groups in total. The lowest BCUT2D eigenvalue weighted by atomic mass is 9.93. The first-order chi connectivity index (χ1) is 16.6. The number of rotatable bonds is 9. The summed E-state index contributed by atoms with van der Waals surface area (Å²) in [6, 6.07) is 3.25. The lowest BCUT2D eigenvalue weighted by Crippen LogP contribution is -2.12. The number of phenols is 1. The van der Waals surface area contributed by atoms with Crippen LogP contribution >= 0.6 is 0 Å². The topological polar surface area (TPSA) is 86.0 Å². The summed E-state index contributed by atoms with van der Waals surface area (Å²) in [5.74, 6) is 0.479. The van der Waals surface area contributed by atoms with Crippen molar-refractivity contribution in [2.45, 2.75) is 61.3 Å². The fraction of sp³-hybridized carbons (Fsp3) is 0.379. The summed E-state index contributed by atoms with van der Waals surface area (Å²) in [6.07, 6.45) is 4.68. The lowest BCUT2D eigenvalue weighted by molar-refractivity contribution is 0.101. The normalized spacial score (nSPS) is 10.9. The van der Waals surface area contributed by atoms with E-state index in [9.17, 15) is 14.7 Å². The van der Waals surface area contributed by atoms with Crippen LogP contribution in [0.3, 0.4) is 0 Å². The number of phenolic OH excluding ortho intramolecular Hbond substituents is 1. The van der Waals surface area contributed by atoms with Gasteiger partial charge in [0.2, 0.25) is 5.43 Å². The summed E-state index contributed by atoms with van der Waals surface area (Å²) < 4.78 is 17.7. The van der Waals surface area contributed by atoms with E-state index in [1.165, 1.54) is 6.92 Å². The number of carbonyl (C=O) groups excluding carboxylic acids is 1. The van der Waals surface area contributed by atoms with E-state index in [-0.39, 0.29) is 33.3 Å². The van der Waals surface area contributed by atoms with Crippen molar-refractivity contribution in [1.82, 2.24) is 0 Å². The van der Waals surface area contributed by atoms with Gasteiger partial charge in [0.25, 0.3) is 0 Å². The Morgan fingerprint density at radius 3 is 1.91 bits per heavy atom. The van der Waals surface area contributed by atoms with Crippen molar-refractivity contribution in [3.8, 4) is 17.2 Å². The van der Waals surface area contributed by atoms with Gasteiger partial charge in [0.1, 0.15) is 33.8 Å². The molecule has 0 amide bonds. The van der Waals surface area contributed by atoms with Gasteiger partial charge >= 0.3 is 0 Å².